The number of piperidine rings is 1. The van der Waals surface area contributed by atoms with Crippen molar-refractivity contribution < 1.29 is 8.42 Å². The predicted octanol–water partition coefficient (Wildman–Crippen LogP) is 1.72. The predicted molar refractivity (Wildman–Crippen MR) is 86.3 cm³/mol. The molecule has 1 saturated heterocycles. The van der Waals surface area contributed by atoms with Gasteiger partial charge in [0.1, 0.15) is 0 Å². The van der Waals surface area contributed by atoms with Crippen molar-refractivity contribution in [2.45, 2.75) is 58.9 Å². The van der Waals surface area contributed by atoms with Crippen molar-refractivity contribution in [3.8, 4) is 0 Å². The van der Waals surface area contributed by atoms with Crippen molar-refractivity contribution in [2.24, 2.45) is 11.3 Å². The molecule has 2 fully saturated rings. The van der Waals surface area contributed by atoms with Crippen LogP contribution < -0.4 is 10.0 Å². The van der Waals surface area contributed by atoms with E-state index in [1.54, 1.807) is 4.31 Å². The lowest BCUT2D eigenvalue weighted by Crippen LogP contribution is -2.49. The van der Waals surface area contributed by atoms with Gasteiger partial charge >= 0.3 is 0 Å². The van der Waals surface area contributed by atoms with Gasteiger partial charge in [-0.1, -0.05) is 20.8 Å². The van der Waals surface area contributed by atoms with E-state index in [0.717, 1.165) is 38.6 Å². The molecule has 0 aromatic heterocycles. The fourth-order valence-corrected chi connectivity index (χ4v) is 4.43. The molecule has 0 bridgehead atoms. The zero-order valence-electron chi connectivity index (χ0n) is 13.7. The lowest BCUT2D eigenvalue weighted by atomic mass is 9.99. The second-order valence-electron chi connectivity index (χ2n) is 7.11. The Morgan fingerprint density at radius 2 is 2.05 bits per heavy atom. The highest BCUT2D eigenvalue weighted by molar-refractivity contribution is 7.87. The number of nitrogens with zero attached hydrogens (tertiary/aromatic N) is 1. The fraction of sp³-hybridized carbons (Fsp3) is 1.00. The maximum atomic E-state index is 12.5. The zero-order valence-corrected chi connectivity index (χ0v) is 14.5. The molecule has 1 unspecified atom stereocenters. The summed E-state index contributed by atoms with van der Waals surface area (Å²) in [5.74, 6) is 0.429. The minimum Gasteiger partial charge on any atom is -0.314 e. The van der Waals surface area contributed by atoms with E-state index >= 15 is 0 Å². The Bertz CT molecular complexity index is 432. The van der Waals surface area contributed by atoms with Crippen molar-refractivity contribution >= 4 is 10.2 Å². The van der Waals surface area contributed by atoms with Crippen LogP contribution in [0.3, 0.4) is 0 Å². The smallest absolute Gasteiger partial charge is 0.279 e. The third-order valence-electron chi connectivity index (χ3n) is 4.97. The minimum atomic E-state index is -3.30. The fourth-order valence-electron chi connectivity index (χ4n) is 2.98. The molecule has 5 nitrogen and oxygen atoms in total. The molecule has 0 aromatic rings. The van der Waals surface area contributed by atoms with Crippen molar-refractivity contribution in [2.75, 3.05) is 26.2 Å². The third-order valence-corrected chi connectivity index (χ3v) is 6.49. The largest absolute Gasteiger partial charge is 0.314 e. The van der Waals surface area contributed by atoms with E-state index < -0.39 is 10.2 Å². The SMILES string of the molecule is CCC1(CNS(=O)(=O)N2CCCC(CNC(C)C)C2)CC1. The van der Waals surface area contributed by atoms with E-state index in [4.69, 9.17) is 0 Å². The lowest BCUT2D eigenvalue weighted by Gasteiger charge is -2.32. The van der Waals surface area contributed by atoms with Gasteiger partial charge in [0.2, 0.25) is 0 Å². The van der Waals surface area contributed by atoms with Crippen LogP contribution in [0.25, 0.3) is 0 Å². The number of nitrogens with one attached hydrogen (secondary N) is 2. The molecular weight excluding hydrogens is 286 g/mol. The van der Waals surface area contributed by atoms with Crippen LogP contribution >= 0.6 is 0 Å². The van der Waals surface area contributed by atoms with Gasteiger partial charge in [-0.25, -0.2) is 4.72 Å². The number of rotatable bonds is 8. The standard InChI is InChI=1S/C15H31N3O2S/c1-4-15(7-8-15)12-17-21(19,20)18-9-5-6-14(11-18)10-16-13(2)3/h13-14,16-17H,4-12H2,1-3H3. The Morgan fingerprint density at radius 3 is 2.62 bits per heavy atom. The van der Waals surface area contributed by atoms with Crippen LogP contribution in [0, 0.1) is 11.3 Å². The quantitative estimate of drug-likeness (QED) is 0.716. The molecule has 1 saturated carbocycles. The molecule has 2 rings (SSSR count). The van der Waals surface area contributed by atoms with Crippen LogP contribution in [0.4, 0.5) is 0 Å². The average molecular weight is 317 g/mol. The Kier molecular flexibility index (Phi) is 5.68. The minimum absolute atomic E-state index is 0.251. The molecular formula is C15H31N3O2S. The zero-order chi connectivity index (χ0) is 15.5. The summed E-state index contributed by atoms with van der Waals surface area (Å²) in [6, 6.07) is 0.453. The lowest BCUT2D eigenvalue weighted by molar-refractivity contribution is 0.253. The first-order valence-corrected chi connectivity index (χ1v) is 9.79. The first-order chi connectivity index (χ1) is 9.87. The highest BCUT2D eigenvalue weighted by Crippen LogP contribution is 2.48. The van der Waals surface area contributed by atoms with E-state index in [2.05, 4.69) is 30.8 Å². The van der Waals surface area contributed by atoms with Crippen LogP contribution in [0.5, 0.6) is 0 Å². The molecule has 6 heteroatoms. The maximum absolute atomic E-state index is 12.5. The van der Waals surface area contributed by atoms with E-state index in [1.807, 2.05) is 0 Å². The van der Waals surface area contributed by atoms with Crippen LogP contribution in [0.15, 0.2) is 0 Å². The van der Waals surface area contributed by atoms with Gasteiger partial charge in [0.05, 0.1) is 0 Å². The summed E-state index contributed by atoms with van der Waals surface area (Å²) in [7, 11) is -3.30. The van der Waals surface area contributed by atoms with Crippen molar-refractivity contribution in [1.29, 1.82) is 0 Å². The van der Waals surface area contributed by atoms with Crippen LogP contribution in [0.2, 0.25) is 0 Å². The second kappa shape index (κ2) is 6.94. The monoisotopic (exact) mass is 317 g/mol. The molecule has 1 aliphatic heterocycles. The van der Waals surface area contributed by atoms with Crippen molar-refractivity contribution in [3.63, 3.8) is 0 Å². The van der Waals surface area contributed by atoms with Gasteiger partial charge < -0.3 is 5.32 Å². The second-order valence-corrected chi connectivity index (χ2v) is 8.86. The molecule has 0 radical (unpaired) electrons. The number of hydrogen-bond acceptors (Lipinski definition) is 3. The summed E-state index contributed by atoms with van der Waals surface area (Å²) in [6.45, 7) is 9.22. The third kappa shape index (κ3) is 4.91. The van der Waals surface area contributed by atoms with Gasteiger partial charge in [0.15, 0.2) is 0 Å². The summed E-state index contributed by atoms with van der Waals surface area (Å²) in [4.78, 5) is 0. The van der Waals surface area contributed by atoms with E-state index in [0.29, 0.717) is 31.6 Å². The normalized spacial score (nSPS) is 26.2. The van der Waals surface area contributed by atoms with Crippen LogP contribution in [-0.4, -0.2) is 44.9 Å². The van der Waals surface area contributed by atoms with Gasteiger partial charge in [0.25, 0.3) is 10.2 Å². The Balaban J connectivity index is 1.84. The molecule has 21 heavy (non-hydrogen) atoms. The summed E-state index contributed by atoms with van der Waals surface area (Å²) in [6.07, 6.45) is 5.46. The molecule has 2 N–H and O–H groups in total. The topological polar surface area (TPSA) is 61.4 Å². The molecule has 0 aromatic carbocycles. The summed E-state index contributed by atoms with van der Waals surface area (Å²) >= 11 is 0. The van der Waals surface area contributed by atoms with Gasteiger partial charge in [-0.3, -0.25) is 0 Å². The first kappa shape index (κ1) is 17.2. The van der Waals surface area contributed by atoms with Crippen LogP contribution in [0.1, 0.15) is 52.9 Å². The van der Waals surface area contributed by atoms with Crippen molar-refractivity contribution in [3.05, 3.63) is 0 Å². The van der Waals surface area contributed by atoms with E-state index in [-0.39, 0.29) is 5.41 Å². The summed E-state index contributed by atoms with van der Waals surface area (Å²) in [5, 5.41) is 3.42. The van der Waals surface area contributed by atoms with Gasteiger partial charge in [-0.15, -0.1) is 0 Å². The van der Waals surface area contributed by atoms with Gasteiger partial charge in [0, 0.05) is 25.7 Å². The molecule has 124 valence electrons. The summed E-state index contributed by atoms with van der Waals surface area (Å²) < 4.78 is 29.4. The number of hydrogen-bond donors (Lipinski definition) is 2. The Hall–Kier alpha value is -0.170. The molecule has 1 heterocycles. The molecule has 1 aliphatic carbocycles. The molecule has 2 aliphatic rings. The van der Waals surface area contributed by atoms with Crippen molar-refractivity contribution in [1.82, 2.24) is 14.3 Å². The average Bonchev–Trinajstić information content (AvgIpc) is 3.24. The highest BCUT2D eigenvalue weighted by atomic mass is 32.2. The van der Waals surface area contributed by atoms with Crippen LogP contribution in [-0.2, 0) is 10.2 Å². The molecule has 1 atom stereocenters. The van der Waals surface area contributed by atoms with E-state index in [9.17, 15) is 8.42 Å². The van der Waals surface area contributed by atoms with Gasteiger partial charge in [-0.05, 0) is 50.0 Å². The Morgan fingerprint density at radius 1 is 1.33 bits per heavy atom. The van der Waals surface area contributed by atoms with Gasteiger partial charge in [-0.2, -0.15) is 12.7 Å². The molecule has 0 spiro atoms. The highest BCUT2D eigenvalue weighted by Gasteiger charge is 2.42. The Labute approximate surface area is 130 Å². The maximum Gasteiger partial charge on any atom is 0.279 e. The first-order valence-electron chi connectivity index (χ1n) is 8.35. The summed E-state index contributed by atoms with van der Waals surface area (Å²) in [5.41, 5.74) is 0.251. The molecule has 0 amide bonds. The van der Waals surface area contributed by atoms with E-state index in [1.165, 1.54) is 0 Å².